The minimum absolute atomic E-state index is 0.0247. The van der Waals surface area contributed by atoms with Crippen LogP contribution in [-0.2, 0) is 21.3 Å². The van der Waals surface area contributed by atoms with Crippen LogP contribution in [0.15, 0.2) is 65.8 Å². The summed E-state index contributed by atoms with van der Waals surface area (Å²) in [5.41, 5.74) is 3.53. The lowest BCUT2D eigenvalue weighted by molar-refractivity contribution is 0.0505. The van der Waals surface area contributed by atoms with Gasteiger partial charge in [0.1, 0.15) is 12.4 Å². The van der Waals surface area contributed by atoms with Crippen LogP contribution in [0, 0.1) is 19.3 Å². The summed E-state index contributed by atoms with van der Waals surface area (Å²) in [5, 5.41) is 0. The standard InChI is InChI=1S/C34H39N7O6S/c1-21-10-8-11-22(2)30(21)27-15-29-38-32(37-27)39-48(44,45)26-13-9-12-23(14-26)31(42)41(24(20-47-29)16-34(3,4)5)19-28-35-17-25(18-36-28)40(6)33(43)46-7/h8-15,17-18,24H,16,19-20H2,1-7H3,(H,37,38,39)/t24-/m1/s1. The molecule has 0 radical (unpaired) electrons. The fourth-order valence-corrected chi connectivity index (χ4v) is 6.53. The van der Waals surface area contributed by atoms with Crippen LogP contribution in [0.3, 0.4) is 0 Å². The van der Waals surface area contributed by atoms with Crippen molar-refractivity contribution in [2.45, 2.75) is 58.5 Å². The van der Waals surface area contributed by atoms with Crippen LogP contribution in [0.4, 0.5) is 16.4 Å². The van der Waals surface area contributed by atoms with E-state index in [9.17, 15) is 18.0 Å². The zero-order valence-electron chi connectivity index (χ0n) is 28.0. The van der Waals surface area contributed by atoms with Gasteiger partial charge in [0.25, 0.3) is 15.9 Å². The number of aromatic nitrogens is 4. The van der Waals surface area contributed by atoms with Crippen LogP contribution in [0.5, 0.6) is 5.88 Å². The fourth-order valence-electron chi connectivity index (χ4n) is 5.54. The first-order valence-corrected chi connectivity index (χ1v) is 16.8. The third-order valence-corrected chi connectivity index (χ3v) is 9.20. The van der Waals surface area contributed by atoms with Gasteiger partial charge in [-0.1, -0.05) is 45.0 Å². The van der Waals surface area contributed by atoms with Gasteiger partial charge >= 0.3 is 6.09 Å². The number of aryl methyl sites for hydroxylation is 2. The van der Waals surface area contributed by atoms with E-state index >= 15 is 0 Å². The maximum Gasteiger partial charge on any atom is 0.413 e. The Morgan fingerprint density at radius 2 is 1.73 bits per heavy atom. The second-order valence-electron chi connectivity index (χ2n) is 12.9. The number of sulfonamides is 1. The van der Waals surface area contributed by atoms with E-state index in [2.05, 4.69) is 45.4 Å². The number of rotatable bonds is 5. The molecule has 5 rings (SSSR count). The normalized spacial score (nSPS) is 16.0. The van der Waals surface area contributed by atoms with Crippen LogP contribution in [-0.4, -0.2) is 72.1 Å². The van der Waals surface area contributed by atoms with Gasteiger partial charge in [0.05, 0.1) is 48.4 Å². The molecule has 3 heterocycles. The van der Waals surface area contributed by atoms with Gasteiger partial charge in [0, 0.05) is 24.2 Å². The molecule has 0 unspecified atom stereocenters. The molecular formula is C34H39N7O6S. The summed E-state index contributed by atoms with van der Waals surface area (Å²) in [7, 11) is -1.40. The summed E-state index contributed by atoms with van der Waals surface area (Å²) in [6.07, 6.45) is 2.87. The molecule has 14 heteroatoms. The number of carbonyl (C=O) groups is 2. The average Bonchev–Trinajstić information content (AvgIpc) is 3.04. The van der Waals surface area contributed by atoms with E-state index in [0.717, 1.165) is 16.7 Å². The van der Waals surface area contributed by atoms with E-state index in [1.165, 1.54) is 49.7 Å². The topological polar surface area (TPSA) is 157 Å². The Morgan fingerprint density at radius 1 is 1.06 bits per heavy atom. The lowest BCUT2D eigenvalue weighted by Gasteiger charge is -2.35. The molecule has 0 spiro atoms. The van der Waals surface area contributed by atoms with Crippen molar-refractivity contribution in [1.82, 2.24) is 24.8 Å². The number of anilines is 2. The van der Waals surface area contributed by atoms with Crippen molar-refractivity contribution in [3.63, 3.8) is 0 Å². The summed E-state index contributed by atoms with van der Waals surface area (Å²) in [5.74, 6) is -0.141. The second-order valence-corrected chi connectivity index (χ2v) is 14.5. The molecule has 0 saturated heterocycles. The molecule has 0 saturated carbocycles. The van der Waals surface area contributed by atoms with Gasteiger partial charge in [0.2, 0.25) is 11.8 Å². The van der Waals surface area contributed by atoms with Gasteiger partial charge in [-0.15, -0.1) is 0 Å². The Morgan fingerprint density at radius 3 is 2.38 bits per heavy atom. The first-order chi connectivity index (χ1) is 22.6. The van der Waals surface area contributed by atoms with Gasteiger partial charge in [-0.25, -0.2) is 32.9 Å². The van der Waals surface area contributed by atoms with Crippen molar-refractivity contribution >= 4 is 33.7 Å². The molecule has 13 nitrogen and oxygen atoms in total. The highest BCUT2D eigenvalue weighted by atomic mass is 32.2. The Hall–Kier alpha value is -5.11. The minimum atomic E-state index is -4.21. The van der Waals surface area contributed by atoms with Gasteiger partial charge in [-0.05, 0) is 55.0 Å². The Balaban J connectivity index is 1.63. The predicted octanol–water partition coefficient (Wildman–Crippen LogP) is 5.39. The molecule has 0 aliphatic carbocycles. The van der Waals surface area contributed by atoms with Gasteiger partial charge in [-0.2, -0.15) is 4.98 Å². The fraction of sp³-hybridized carbons (Fsp3) is 0.353. The number of carbonyl (C=O) groups excluding carboxylic acids is 2. The molecule has 2 aromatic carbocycles. The first-order valence-electron chi connectivity index (χ1n) is 15.3. The molecule has 48 heavy (non-hydrogen) atoms. The van der Waals surface area contributed by atoms with Crippen molar-refractivity contribution in [3.8, 4) is 17.1 Å². The van der Waals surface area contributed by atoms with E-state index in [1.807, 2.05) is 32.0 Å². The summed E-state index contributed by atoms with van der Waals surface area (Å²) in [6.45, 7) is 10.1. The molecule has 1 N–H and O–H groups in total. The average molecular weight is 674 g/mol. The van der Waals surface area contributed by atoms with E-state index in [4.69, 9.17) is 9.47 Å². The molecule has 4 bridgehead atoms. The zero-order valence-corrected chi connectivity index (χ0v) is 28.8. The number of methoxy groups -OCH3 is 1. The van der Waals surface area contributed by atoms with Crippen LogP contribution >= 0.6 is 0 Å². The molecule has 2 aromatic heterocycles. The quantitative estimate of drug-likeness (QED) is 0.291. The summed E-state index contributed by atoms with van der Waals surface area (Å²) < 4.78 is 40.8. The predicted molar refractivity (Wildman–Crippen MR) is 180 cm³/mol. The second kappa shape index (κ2) is 13.6. The molecule has 1 aliphatic rings. The summed E-state index contributed by atoms with van der Waals surface area (Å²) >= 11 is 0. The third-order valence-electron chi connectivity index (χ3n) is 7.87. The van der Waals surface area contributed by atoms with E-state index < -0.39 is 28.1 Å². The third kappa shape index (κ3) is 7.71. The SMILES string of the molecule is COC(=O)N(C)c1cnc(CN2C(=O)c3cccc(c3)S(=O)(=O)Nc3nc(cc(-c4c(C)cccc4C)n3)OC[C@H]2CC(C)(C)C)nc1. The lowest BCUT2D eigenvalue weighted by atomic mass is 9.87. The number of benzene rings is 2. The number of nitrogens with zero attached hydrogens (tertiary/aromatic N) is 6. The van der Waals surface area contributed by atoms with Gasteiger partial charge in [0.15, 0.2) is 0 Å². The Bertz CT molecular complexity index is 1920. The lowest BCUT2D eigenvalue weighted by Crippen LogP contribution is -2.45. The summed E-state index contributed by atoms with van der Waals surface area (Å²) in [6, 6.07) is 12.8. The largest absolute Gasteiger partial charge is 0.475 e. The van der Waals surface area contributed by atoms with Crippen LogP contribution in [0.1, 0.15) is 54.5 Å². The summed E-state index contributed by atoms with van der Waals surface area (Å²) in [4.78, 5) is 46.9. The molecular weight excluding hydrogens is 634 g/mol. The van der Waals surface area contributed by atoms with Gasteiger partial charge < -0.3 is 14.4 Å². The van der Waals surface area contributed by atoms with E-state index in [-0.39, 0.29) is 40.9 Å². The maximum atomic E-state index is 14.3. The number of fused-ring (bicyclic) bond motifs is 4. The van der Waals surface area contributed by atoms with Crippen molar-refractivity contribution in [1.29, 1.82) is 0 Å². The van der Waals surface area contributed by atoms with Crippen molar-refractivity contribution in [2.75, 3.05) is 30.4 Å². The van der Waals surface area contributed by atoms with Gasteiger partial charge in [-0.3, -0.25) is 9.69 Å². The molecule has 252 valence electrons. The van der Waals surface area contributed by atoms with Crippen molar-refractivity contribution in [3.05, 3.63) is 83.4 Å². The number of ether oxygens (including phenoxy) is 2. The molecule has 2 amide bonds. The first kappa shape index (κ1) is 34.2. The molecule has 4 aromatic rings. The van der Waals surface area contributed by atoms with Crippen molar-refractivity contribution in [2.24, 2.45) is 5.41 Å². The number of amides is 2. The Kier molecular flexibility index (Phi) is 9.66. The van der Waals surface area contributed by atoms with Crippen LogP contribution in [0.2, 0.25) is 0 Å². The van der Waals surface area contributed by atoms with Crippen LogP contribution < -0.4 is 14.4 Å². The van der Waals surface area contributed by atoms with E-state index in [0.29, 0.717) is 23.6 Å². The maximum absolute atomic E-state index is 14.3. The highest BCUT2D eigenvalue weighted by molar-refractivity contribution is 7.92. The molecule has 0 fully saturated rings. The Labute approximate surface area is 280 Å². The number of nitrogens with one attached hydrogen (secondary N) is 1. The van der Waals surface area contributed by atoms with Crippen molar-refractivity contribution < 1.29 is 27.5 Å². The van der Waals surface area contributed by atoms with E-state index in [1.54, 1.807) is 17.0 Å². The molecule has 1 atom stereocenters. The molecule has 1 aliphatic heterocycles. The van der Waals surface area contributed by atoms with Crippen LogP contribution in [0.25, 0.3) is 11.3 Å². The highest BCUT2D eigenvalue weighted by Gasteiger charge is 2.32. The highest BCUT2D eigenvalue weighted by Crippen LogP contribution is 2.31. The smallest absolute Gasteiger partial charge is 0.413 e. The number of hydrogen-bond donors (Lipinski definition) is 1. The monoisotopic (exact) mass is 673 g/mol. The minimum Gasteiger partial charge on any atom is -0.475 e. The number of hydrogen-bond acceptors (Lipinski definition) is 10. The zero-order chi connectivity index (χ0) is 34.8.